The maximum absolute atomic E-state index is 13.1. The fraction of sp³-hybridized carbons (Fsp3) is 0.458. The lowest BCUT2D eigenvalue weighted by molar-refractivity contribution is -0.0292. The number of hydrogen-bond donors (Lipinski definition) is 3. The van der Waals surface area contributed by atoms with E-state index < -0.39 is 6.10 Å². The van der Waals surface area contributed by atoms with Crippen LogP contribution in [0.4, 0.5) is 10.1 Å². The van der Waals surface area contributed by atoms with Crippen LogP contribution in [-0.4, -0.2) is 73.4 Å². The third kappa shape index (κ3) is 7.71. The van der Waals surface area contributed by atoms with Crippen molar-refractivity contribution in [3.8, 4) is 5.75 Å². The Bertz CT molecular complexity index is 949. The van der Waals surface area contributed by atoms with Gasteiger partial charge in [-0.15, -0.1) is 11.6 Å². The quantitative estimate of drug-likeness (QED) is 0.398. The second kappa shape index (κ2) is 13.1. The van der Waals surface area contributed by atoms with Crippen LogP contribution in [0.25, 0.3) is 0 Å². The van der Waals surface area contributed by atoms with Crippen LogP contribution in [0.5, 0.6) is 5.75 Å². The number of anilines is 1. The minimum atomic E-state index is -0.727. The highest BCUT2D eigenvalue weighted by Crippen LogP contribution is 2.31. The number of nitrogens with one attached hydrogen (secondary N) is 2. The molecule has 0 radical (unpaired) electrons. The molecule has 1 fully saturated rings. The van der Waals surface area contributed by atoms with Gasteiger partial charge in [-0.2, -0.15) is 0 Å². The molecule has 2 aromatic rings. The van der Waals surface area contributed by atoms with Crippen molar-refractivity contribution in [2.75, 3.05) is 50.6 Å². The molecule has 10 heteroatoms. The van der Waals surface area contributed by atoms with Crippen LogP contribution in [-0.2, 0) is 11.3 Å². The molecule has 1 heterocycles. The summed E-state index contributed by atoms with van der Waals surface area (Å²) in [6, 6.07) is 9.64. The fourth-order valence-corrected chi connectivity index (χ4v) is 3.96. The lowest BCUT2D eigenvalue weighted by Gasteiger charge is -2.33. The van der Waals surface area contributed by atoms with Crippen molar-refractivity contribution in [2.24, 2.45) is 0 Å². The van der Waals surface area contributed by atoms with E-state index in [9.17, 15) is 14.3 Å². The van der Waals surface area contributed by atoms with Gasteiger partial charge < -0.3 is 25.2 Å². The van der Waals surface area contributed by atoms with Crippen molar-refractivity contribution >= 4 is 34.8 Å². The third-order valence-electron chi connectivity index (χ3n) is 5.35. The highest BCUT2D eigenvalue weighted by Gasteiger charge is 2.23. The molecule has 34 heavy (non-hydrogen) atoms. The van der Waals surface area contributed by atoms with Gasteiger partial charge in [0.1, 0.15) is 11.6 Å². The van der Waals surface area contributed by atoms with E-state index in [0.29, 0.717) is 54.9 Å². The van der Waals surface area contributed by atoms with Crippen molar-refractivity contribution in [3.05, 3.63) is 58.4 Å². The van der Waals surface area contributed by atoms with Crippen LogP contribution in [0, 0.1) is 5.82 Å². The SMILES string of the molecule is CCOc1cc(NCC(O)CCl)c(Cl)cc1C(=O)NCC1CN(Cc2ccc(F)cc2)CCO1. The van der Waals surface area contributed by atoms with Crippen molar-refractivity contribution < 1.29 is 23.8 Å². The van der Waals surface area contributed by atoms with Crippen LogP contribution in [0.3, 0.4) is 0 Å². The number of carbonyl (C=O) groups excluding carboxylic acids is 1. The van der Waals surface area contributed by atoms with Crippen molar-refractivity contribution in [1.82, 2.24) is 10.2 Å². The number of carbonyl (C=O) groups is 1. The number of nitrogens with zero attached hydrogens (tertiary/aromatic N) is 1. The summed E-state index contributed by atoms with van der Waals surface area (Å²) in [5.74, 6) is -0.102. The summed E-state index contributed by atoms with van der Waals surface area (Å²) < 4.78 is 24.6. The average Bonchev–Trinajstić information content (AvgIpc) is 2.84. The van der Waals surface area contributed by atoms with E-state index in [1.165, 1.54) is 12.1 Å². The Hall–Kier alpha value is -2.10. The molecule has 0 aliphatic carbocycles. The Balaban J connectivity index is 1.59. The van der Waals surface area contributed by atoms with Crippen molar-refractivity contribution in [1.29, 1.82) is 0 Å². The summed E-state index contributed by atoms with van der Waals surface area (Å²) in [5, 5.41) is 15.9. The Labute approximate surface area is 209 Å². The number of halogens is 3. The molecule has 1 aliphatic rings. The van der Waals surface area contributed by atoms with Crippen LogP contribution < -0.4 is 15.4 Å². The van der Waals surface area contributed by atoms with E-state index in [2.05, 4.69) is 15.5 Å². The number of aliphatic hydroxyl groups is 1. The van der Waals surface area contributed by atoms with Gasteiger partial charge in [-0.25, -0.2) is 4.39 Å². The summed E-state index contributed by atoms with van der Waals surface area (Å²) in [6.07, 6.45) is -0.906. The van der Waals surface area contributed by atoms with E-state index in [1.807, 2.05) is 6.92 Å². The molecule has 1 saturated heterocycles. The lowest BCUT2D eigenvalue weighted by Crippen LogP contribution is -2.47. The van der Waals surface area contributed by atoms with Crippen LogP contribution >= 0.6 is 23.2 Å². The molecule has 2 aromatic carbocycles. The second-order valence-corrected chi connectivity index (χ2v) is 8.73. The summed E-state index contributed by atoms with van der Waals surface area (Å²) in [6.45, 7) is 5.37. The molecule has 2 atom stereocenters. The number of benzene rings is 2. The monoisotopic (exact) mass is 513 g/mol. The summed E-state index contributed by atoms with van der Waals surface area (Å²) in [7, 11) is 0. The first kappa shape index (κ1) is 26.5. The molecule has 1 aliphatic heterocycles. The van der Waals surface area contributed by atoms with Gasteiger partial charge in [0.2, 0.25) is 0 Å². The maximum Gasteiger partial charge on any atom is 0.255 e. The molecule has 2 unspecified atom stereocenters. The van der Waals surface area contributed by atoms with E-state index in [0.717, 1.165) is 12.1 Å². The highest BCUT2D eigenvalue weighted by atomic mass is 35.5. The van der Waals surface area contributed by atoms with E-state index in [4.69, 9.17) is 32.7 Å². The number of alkyl halides is 1. The fourth-order valence-electron chi connectivity index (χ4n) is 3.62. The van der Waals surface area contributed by atoms with Gasteiger partial charge in [-0.3, -0.25) is 9.69 Å². The molecular formula is C24H30Cl2FN3O4. The number of rotatable bonds is 11. The molecule has 0 spiro atoms. The van der Waals surface area contributed by atoms with Crippen molar-refractivity contribution in [3.63, 3.8) is 0 Å². The van der Waals surface area contributed by atoms with Crippen LogP contribution in [0.15, 0.2) is 36.4 Å². The predicted molar refractivity (Wildman–Crippen MR) is 132 cm³/mol. The zero-order chi connectivity index (χ0) is 24.5. The first-order valence-corrected chi connectivity index (χ1v) is 12.1. The Morgan fingerprint density at radius 2 is 2.12 bits per heavy atom. The first-order chi connectivity index (χ1) is 16.4. The summed E-state index contributed by atoms with van der Waals surface area (Å²) in [4.78, 5) is 15.1. The van der Waals surface area contributed by atoms with E-state index in [1.54, 1.807) is 24.3 Å². The summed E-state index contributed by atoms with van der Waals surface area (Å²) in [5.41, 5.74) is 1.88. The van der Waals surface area contributed by atoms with E-state index >= 15 is 0 Å². The standard InChI is InChI=1S/C24H30Cl2FN3O4/c1-2-33-23-10-22(28-12-18(31)11-25)21(26)9-20(23)24(32)29-13-19-15-30(7-8-34-19)14-16-3-5-17(27)6-4-16/h3-6,9-10,18-19,28,31H,2,7-8,11-15H2,1H3,(H,29,32). The topological polar surface area (TPSA) is 83.1 Å². The van der Waals surface area contributed by atoms with Gasteiger partial charge in [0.05, 0.1) is 47.6 Å². The Kier molecular flexibility index (Phi) is 10.2. The van der Waals surface area contributed by atoms with E-state index in [-0.39, 0.29) is 30.3 Å². The molecule has 186 valence electrons. The van der Waals surface area contributed by atoms with Gasteiger partial charge in [0.15, 0.2) is 0 Å². The number of morpholine rings is 1. The normalized spacial score (nSPS) is 17.3. The molecule has 0 saturated carbocycles. The number of aliphatic hydroxyl groups excluding tert-OH is 1. The second-order valence-electron chi connectivity index (χ2n) is 8.01. The first-order valence-electron chi connectivity index (χ1n) is 11.2. The van der Waals surface area contributed by atoms with Crippen LogP contribution in [0.2, 0.25) is 5.02 Å². The molecule has 3 N–H and O–H groups in total. The van der Waals surface area contributed by atoms with Gasteiger partial charge in [-0.05, 0) is 30.7 Å². The number of ether oxygens (including phenoxy) is 2. The van der Waals surface area contributed by atoms with Gasteiger partial charge in [-0.1, -0.05) is 23.7 Å². The Morgan fingerprint density at radius 3 is 2.82 bits per heavy atom. The zero-order valence-electron chi connectivity index (χ0n) is 19.0. The van der Waals surface area contributed by atoms with Gasteiger partial charge in [0.25, 0.3) is 5.91 Å². The van der Waals surface area contributed by atoms with Crippen LogP contribution in [0.1, 0.15) is 22.8 Å². The van der Waals surface area contributed by atoms with Crippen molar-refractivity contribution in [2.45, 2.75) is 25.7 Å². The summed E-state index contributed by atoms with van der Waals surface area (Å²) >= 11 is 12.0. The van der Waals surface area contributed by atoms with Gasteiger partial charge in [0, 0.05) is 38.8 Å². The molecule has 0 aromatic heterocycles. The largest absolute Gasteiger partial charge is 0.493 e. The maximum atomic E-state index is 13.1. The lowest BCUT2D eigenvalue weighted by atomic mass is 10.1. The smallest absolute Gasteiger partial charge is 0.255 e. The van der Waals surface area contributed by atoms with Gasteiger partial charge >= 0.3 is 0 Å². The molecule has 1 amide bonds. The number of amides is 1. The average molecular weight is 514 g/mol. The molecule has 7 nitrogen and oxygen atoms in total. The highest BCUT2D eigenvalue weighted by molar-refractivity contribution is 6.33. The predicted octanol–water partition coefficient (Wildman–Crippen LogP) is 3.52. The minimum Gasteiger partial charge on any atom is -0.493 e. The zero-order valence-corrected chi connectivity index (χ0v) is 20.5. The third-order valence-corrected chi connectivity index (χ3v) is 6.02. The molecular weight excluding hydrogens is 484 g/mol. The number of hydrogen-bond acceptors (Lipinski definition) is 6. The molecule has 3 rings (SSSR count). The minimum absolute atomic E-state index is 0.0913. The Morgan fingerprint density at radius 1 is 1.35 bits per heavy atom. The molecule has 0 bridgehead atoms.